The van der Waals surface area contributed by atoms with Crippen LogP contribution in [0.2, 0.25) is 5.02 Å². The SMILES string of the molecule is CN(C)S(=O)(=O)c1ccc(OCCNS(=O)(=O)Cc2ccccc2Cl)cc1. The van der Waals surface area contributed by atoms with Crippen molar-refractivity contribution in [3.63, 3.8) is 0 Å². The van der Waals surface area contributed by atoms with Gasteiger partial charge in [0.2, 0.25) is 20.0 Å². The van der Waals surface area contributed by atoms with E-state index in [1.165, 1.54) is 38.4 Å². The van der Waals surface area contributed by atoms with Crippen LogP contribution in [0.15, 0.2) is 53.4 Å². The molecule has 0 aromatic heterocycles. The van der Waals surface area contributed by atoms with E-state index in [4.69, 9.17) is 16.3 Å². The van der Waals surface area contributed by atoms with E-state index in [2.05, 4.69) is 4.72 Å². The Bertz CT molecular complexity index is 975. The molecule has 0 aliphatic rings. The van der Waals surface area contributed by atoms with E-state index in [9.17, 15) is 16.8 Å². The molecule has 0 aliphatic heterocycles. The minimum Gasteiger partial charge on any atom is -0.492 e. The van der Waals surface area contributed by atoms with Crippen molar-refractivity contribution in [2.75, 3.05) is 27.2 Å². The van der Waals surface area contributed by atoms with Crippen molar-refractivity contribution in [3.05, 3.63) is 59.1 Å². The predicted octanol–water partition coefficient (Wildman–Crippen LogP) is 2.09. The summed E-state index contributed by atoms with van der Waals surface area (Å²) in [6, 6.07) is 12.7. The van der Waals surface area contributed by atoms with Crippen LogP contribution in [0.3, 0.4) is 0 Å². The van der Waals surface area contributed by atoms with Crippen LogP contribution in [0.1, 0.15) is 5.56 Å². The monoisotopic (exact) mass is 432 g/mol. The van der Waals surface area contributed by atoms with Crippen LogP contribution in [0, 0.1) is 0 Å². The van der Waals surface area contributed by atoms with Crippen molar-refractivity contribution in [2.45, 2.75) is 10.6 Å². The third kappa shape index (κ3) is 6.18. The summed E-state index contributed by atoms with van der Waals surface area (Å²) in [6.45, 7) is 0.173. The fourth-order valence-corrected chi connectivity index (χ4v) is 4.50. The topological polar surface area (TPSA) is 92.8 Å². The lowest BCUT2D eigenvalue weighted by Crippen LogP contribution is -2.29. The zero-order valence-corrected chi connectivity index (χ0v) is 17.3. The molecule has 0 spiro atoms. The molecule has 0 fully saturated rings. The first-order valence-electron chi connectivity index (χ1n) is 7.98. The maximum atomic E-state index is 12.1. The number of rotatable bonds is 9. The molecule has 10 heteroatoms. The molecule has 2 aromatic rings. The van der Waals surface area contributed by atoms with Crippen LogP contribution in [0.25, 0.3) is 0 Å². The number of nitrogens with zero attached hydrogens (tertiary/aromatic N) is 1. The number of benzene rings is 2. The molecule has 0 saturated carbocycles. The third-order valence-corrected chi connectivity index (χ3v) is 7.13. The van der Waals surface area contributed by atoms with Crippen molar-refractivity contribution in [1.29, 1.82) is 0 Å². The van der Waals surface area contributed by atoms with Crippen molar-refractivity contribution < 1.29 is 21.6 Å². The van der Waals surface area contributed by atoms with E-state index in [0.29, 0.717) is 16.3 Å². The zero-order valence-electron chi connectivity index (χ0n) is 14.9. The average Bonchev–Trinajstić information content (AvgIpc) is 2.61. The summed E-state index contributed by atoms with van der Waals surface area (Å²) >= 11 is 5.97. The Balaban J connectivity index is 1.85. The summed E-state index contributed by atoms with van der Waals surface area (Å²) in [6.07, 6.45) is 0. The second kappa shape index (κ2) is 9.03. The fourth-order valence-electron chi connectivity index (χ4n) is 2.16. The Morgan fingerprint density at radius 1 is 1.00 bits per heavy atom. The lowest BCUT2D eigenvalue weighted by molar-refractivity contribution is 0.322. The summed E-state index contributed by atoms with van der Waals surface area (Å²) in [5, 5.41) is 0.395. The van der Waals surface area contributed by atoms with E-state index in [-0.39, 0.29) is 23.8 Å². The number of ether oxygens (including phenoxy) is 1. The van der Waals surface area contributed by atoms with Gasteiger partial charge in [0.25, 0.3) is 0 Å². The molecule has 0 amide bonds. The maximum absolute atomic E-state index is 12.1. The molecule has 0 heterocycles. The van der Waals surface area contributed by atoms with E-state index in [1.54, 1.807) is 24.3 Å². The minimum absolute atomic E-state index is 0.0739. The smallest absolute Gasteiger partial charge is 0.242 e. The summed E-state index contributed by atoms with van der Waals surface area (Å²) in [5.74, 6) is 0.224. The number of hydrogen-bond acceptors (Lipinski definition) is 5. The largest absolute Gasteiger partial charge is 0.492 e. The van der Waals surface area contributed by atoms with E-state index < -0.39 is 20.0 Å². The van der Waals surface area contributed by atoms with Crippen LogP contribution in [-0.4, -0.2) is 48.4 Å². The Morgan fingerprint density at radius 2 is 1.63 bits per heavy atom. The number of hydrogen-bond donors (Lipinski definition) is 1. The summed E-state index contributed by atoms with van der Waals surface area (Å²) in [5.41, 5.74) is 0.519. The fraction of sp³-hybridized carbons (Fsp3) is 0.294. The van der Waals surface area contributed by atoms with Gasteiger partial charge in [-0.25, -0.2) is 25.9 Å². The van der Waals surface area contributed by atoms with Gasteiger partial charge in [-0.15, -0.1) is 0 Å². The molecule has 0 saturated heterocycles. The minimum atomic E-state index is -3.55. The first kappa shape index (κ1) is 21.6. The highest BCUT2D eigenvalue weighted by Crippen LogP contribution is 2.18. The third-order valence-electron chi connectivity index (χ3n) is 3.60. The molecular formula is C17H21ClN2O5S2. The van der Waals surface area contributed by atoms with Gasteiger partial charge in [-0.2, -0.15) is 0 Å². The van der Waals surface area contributed by atoms with Crippen LogP contribution in [0.4, 0.5) is 0 Å². The molecule has 0 unspecified atom stereocenters. The molecule has 0 atom stereocenters. The number of halogens is 1. The Morgan fingerprint density at radius 3 is 2.22 bits per heavy atom. The second-order valence-electron chi connectivity index (χ2n) is 5.85. The molecule has 148 valence electrons. The van der Waals surface area contributed by atoms with Gasteiger partial charge in [-0.3, -0.25) is 0 Å². The maximum Gasteiger partial charge on any atom is 0.242 e. The normalized spacial score (nSPS) is 12.3. The predicted molar refractivity (Wildman–Crippen MR) is 105 cm³/mol. The first-order chi connectivity index (χ1) is 12.6. The highest BCUT2D eigenvalue weighted by Gasteiger charge is 2.17. The molecule has 2 rings (SSSR count). The van der Waals surface area contributed by atoms with Gasteiger partial charge < -0.3 is 4.74 Å². The van der Waals surface area contributed by atoms with Crippen LogP contribution < -0.4 is 9.46 Å². The van der Waals surface area contributed by atoms with Gasteiger partial charge in [-0.1, -0.05) is 29.8 Å². The Kier molecular flexibility index (Phi) is 7.24. The van der Waals surface area contributed by atoms with Crippen LogP contribution in [-0.2, 0) is 25.8 Å². The molecule has 7 nitrogen and oxygen atoms in total. The quantitative estimate of drug-likeness (QED) is 0.612. The van der Waals surface area contributed by atoms with Crippen molar-refractivity contribution >= 4 is 31.6 Å². The average molecular weight is 433 g/mol. The van der Waals surface area contributed by atoms with Crippen molar-refractivity contribution in [1.82, 2.24) is 9.03 Å². The lowest BCUT2D eigenvalue weighted by Gasteiger charge is -2.12. The Hall–Kier alpha value is -1.65. The molecule has 2 aromatic carbocycles. The summed E-state index contributed by atoms with van der Waals surface area (Å²) in [4.78, 5) is 0.153. The number of sulfonamides is 2. The van der Waals surface area contributed by atoms with Gasteiger partial charge in [0.1, 0.15) is 12.4 Å². The molecule has 0 radical (unpaired) electrons. The van der Waals surface area contributed by atoms with Crippen molar-refractivity contribution in [3.8, 4) is 5.75 Å². The van der Waals surface area contributed by atoms with Gasteiger partial charge in [-0.05, 0) is 35.9 Å². The molecule has 0 aliphatic carbocycles. The molecular weight excluding hydrogens is 412 g/mol. The molecule has 0 bridgehead atoms. The number of nitrogens with one attached hydrogen (secondary N) is 1. The van der Waals surface area contributed by atoms with Gasteiger partial charge in [0.05, 0.1) is 10.6 Å². The highest BCUT2D eigenvalue weighted by atomic mass is 35.5. The van der Waals surface area contributed by atoms with Gasteiger partial charge >= 0.3 is 0 Å². The second-order valence-corrected chi connectivity index (χ2v) is 10.2. The van der Waals surface area contributed by atoms with E-state index in [0.717, 1.165) is 4.31 Å². The van der Waals surface area contributed by atoms with Crippen LogP contribution in [0.5, 0.6) is 5.75 Å². The summed E-state index contributed by atoms with van der Waals surface area (Å²) in [7, 11) is -4.14. The Labute approximate surface area is 165 Å². The molecule has 1 N–H and O–H groups in total. The van der Waals surface area contributed by atoms with Crippen LogP contribution >= 0.6 is 11.6 Å². The lowest BCUT2D eigenvalue weighted by atomic mass is 10.2. The van der Waals surface area contributed by atoms with Crippen molar-refractivity contribution in [2.24, 2.45) is 0 Å². The standard InChI is InChI=1S/C17H21ClN2O5S2/c1-20(2)27(23,24)16-9-7-15(8-10-16)25-12-11-19-26(21,22)13-14-5-3-4-6-17(14)18/h3-10,19H,11-13H2,1-2H3. The van der Waals surface area contributed by atoms with Gasteiger partial charge in [0.15, 0.2) is 0 Å². The van der Waals surface area contributed by atoms with E-state index in [1.807, 2.05) is 0 Å². The molecule has 27 heavy (non-hydrogen) atoms. The summed E-state index contributed by atoms with van der Waals surface area (Å²) < 4.78 is 57.2. The zero-order chi connectivity index (χ0) is 20.1. The van der Waals surface area contributed by atoms with E-state index >= 15 is 0 Å². The first-order valence-corrected chi connectivity index (χ1v) is 11.4. The van der Waals surface area contributed by atoms with Gasteiger partial charge in [0, 0.05) is 25.7 Å². The highest BCUT2D eigenvalue weighted by molar-refractivity contribution is 7.89.